The predicted molar refractivity (Wildman–Crippen MR) is 165 cm³/mol. The molecule has 1 saturated heterocycles. The summed E-state index contributed by atoms with van der Waals surface area (Å²) in [5.41, 5.74) is 2.99. The summed E-state index contributed by atoms with van der Waals surface area (Å²) in [6.45, 7) is 2.71. The molecule has 2 amide bonds. The number of carbonyl (C=O) groups excluding carboxylic acids is 2. The smallest absolute Gasteiger partial charge is 0.313 e. The van der Waals surface area contributed by atoms with E-state index in [4.69, 9.17) is 14.2 Å². The van der Waals surface area contributed by atoms with E-state index in [1.807, 2.05) is 36.4 Å². The highest BCUT2D eigenvalue weighted by Crippen LogP contribution is 2.40. The van der Waals surface area contributed by atoms with E-state index in [2.05, 4.69) is 27.6 Å². The van der Waals surface area contributed by atoms with Gasteiger partial charge >= 0.3 is 11.8 Å². The van der Waals surface area contributed by atoms with Crippen LogP contribution in [-0.4, -0.2) is 61.6 Å². The topological polar surface area (TPSA) is 102 Å². The van der Waals surface area contributed by atoms with E-state index in [1.54, 1.807) is 19.4 Å². The Morgan fingerprint density at radius 2 is 1.68 bits per heavy atom. The largest absolute Gasteiger partial charge is 0.491 e. The summed E-state index contributed by atoms with van der Waals surface area (Å²) in [6, 6.07) is 17.1. The van der Waals surface area contributed by atoms with Gasteiger partial charge in [0.1, 0.15) is 11.3 Å². The Labute approximate surface area is 255 Å². The first-order valence-electron chi connectivity index (χ1n) is 14.8. The van der Waals surface area contributed by atoms with Crippen molar-refractivity contribution in [3.8, 4) is 23.0 Å². The van der Waals surface area contributed by atoms with Crippen molar-refractivity contribution in [2.75, 3.05) is 39.2 Å². The summed E-state index contributed by atoms with van der Waals surface area (Å²) >= 11 is 0. The minimum Gasteiger partial charge on any atom is -0.491 e. The number of aromatic nitrogens is 1. The molecule has 2 heterocycles. The number of rotatable bonds is 8. The summed E-state index contributed by atoms with van der Waals surface area (Å²) in [6.07, 6.45) is 5.06. The Bertz CT molecular complexity index is 1660. The third-order valence-electron chi connectivity index (χ3n) is 8.31. The molecule has 2 N–H and O–H groups in total. The number of nitrogens with zero attached hydrogens (tertiary/aromatic N) is 2. The van der Waals surface area contributed by atoms with Crippen molar-refractivity contribution in [2.24, 2.45) is 5.92 Å². The summed E-state index contributed by atoms with van der Waals surface area (Å²) in [5, 5.41) is 5.86. The molecule has 0 bridgehead atoms. The summed E-state index contributed by atoms with van der Waals surface area (Å²) in [4.78, 5) is 31.9. The highest BCUT2D eigenvalue weighted by molar-refractivity contribution is 6.39. The van der Waals surface area contributed by atoms with Crippen LogP contribution in [0.25, 0.3) is 10.9 Å². The first-order chi connectivity index (χ1) is 21.4. The lowest BCUT2D eigenvalue weighted by molar-refractivity contribution is -0.136. The Hall–Kier alpha value is -4.70. The van der Waals surface area contributed by atoms with E-state index in [0.29, 0.717) is 53.5 Å². The van der Waals surface area contributed by atoms with Crippen LogP contribution in [0.3, 0.4) is 0 Å². The predicted octanol–water partition coefficient (Wildman–Crippen LogP) is 5.12. The number of anilines is 1. The lowest BCUT2D eigenvalue weighted by Crippen LogP contribution is -2.42. The van der Waals surface area contributed by atoms with Gasteiger partial charge in [0.05, 0.1) is 13.7 Å². The number of fused-ring (bicyclic) bond motifs is 2. The molecule has 44 heavy (non-hydrogen) atoms. The molecule has 0 radical (unpaired) electrons. The van der Waals surface area contributed by atoms with E-state index in [1.165, 1.54) is 12.1 Å². The van der Waals surface area contributed by atoms with Crippen LogP contribution in [0.5, 0.6) is 23.0 Å². The number of ether oxygens (including phenoxy) is 3. The molecule has 0 spiro atoms. The van der Waals surface area contributed by atoms with Crippen LogP contribution in [0.4, 0.5) is 10.1 Å². The maximum absolute atomic E-state index is 15.1. The van der Waals surface area contributed by atoms with E-state index in [0.717, 1.165) is 43.1 Å². The number of nitrogens with one attached hydrogen (secondary N) is 2. The molecule has 1 aromatic heterocycles. The van der Waals surface area contributed by atoms with Crippen LogP contribution in [0.1, 0.15) is 24.0 Å². The second-order valence-electron chi connectivity index (χ2n) is 11.4. The number of likely N-dealkylation sites (tertiary alicyclic amines) is 1. The first-order valence-corrected chi connectivity index (χ1v) is 14.8. The fraction of sp³-hybridized carbons (Fsp3) is 0.324. The lowest BCUT2D eigenvalue weighted by atomic mass is 9.98. The molecular formula is C34H35FN4O5. The van der Waals surface area contributed by atoms with Crippen molar-refractivity contribution in [3.05, 3.63) is 83.8 Å². The fourth-order valence-electron chi connectivity index (χ4n) is 5.86. The van der Waals surface area contributed by atoms with Gasteiger partial charge in [-0.2, -0.15) is 0 Å². The number of piperidine rings is 1. The van der Waals surface area contributed by atoms with Crippen molar-refractivity contribution < 1.29 is 28.2 Å². The number of methoxy groups -OCH3 is 1. The van der Waals surface area contributed by atoms with Crippen LogP contribution < -0.4 is 24.8 Å². The average molecular weight is 599 g/mol. The van der Waals surface area contributed by atoms with Gasteiger partial charge in [0.2, 0.25) is 0 Å². The standard InChI is InChI=1S/C34H35FN4O5/c1-39-15-12-21(13-16-39)20-43-30-10-8-26-28(11-14-36-31(26)32(30)42-2)44-29-9-7-24(19-27(29)35)37-33(40)34(41)38-25-17-22-5-3-4-6-23(22)18-25/h3-11,14,19,21,25H,12-13,15-18,20H2,1-2H3,(H,37,40)(H,38,41). The van der Waals surface area contributed by atoms with Gasteiger partial charge in [0.25, 0.3) is 0 Å². The zero-order valence-electron chi connectivity index (χ0n) is 24.8. The van der Waals surface area contributed by atoms with Crippen molar-refractivity contribution in [1.29, 1.82) is 0 Å². The average Bonchev–Trinajstić information content (AvgIpc) is 3.44. The second-order valence-corrected chi connectivity index (χ2v) is 11.4. The fourth-order valence-corrected chi connectivity index (χ4v) is 5.86. The highest BCUT2D eigenvalue weighted by atomic mass is 19.1. The number of hydrogen-bond acceptors (Lipinski definition) is 7. The van der Waals surface area contributed by atoms with Gasteiger partial charge in [0.15, 0.2) is 23.1 Å². The molecule has 4 aromatic rings. The monoisotopic (exact) mass is 598 g/mol. The van der Waals surface area contributed by atoms with Gasteiger partial charge in [-0.05, 0) is 93.2 Å². The molecule has 0 unspecified atom stereocenters. The molecule has 9 nitrogen and oxygen atoms in total. The minimum absolute atomic E-state index is 0.0507. The molecule has 1 fully saturated rings. The van der Waals surface area contributed by atoms with Crippen molar-refractivity contribution in [3.63, 3.8) is 0 Å². The molecule has 2 aliphatic rings. The van der Waals surface area contributed by atoms with Gasteiger partial charge in [-0.15, -0.1) is 0 Å². The van der Waals surface area contributed by atoms with E-state index in [9.17, 15) is 9.59 Å². The maximum Gasteiger partial charge on any atom is 0.313 e. The van der Waals surface area contributed by atoms with Crippen LogP contribution in [0, 0.1) is 11.7 Å². The Kier molecular flexibility index (Phi) is 8.60. The normalized spacial score (nSPS) is 15.5. The van der Waals surface area contributed by atoms with E-state index < -0.39 is 17.6 Å². The zero-order chi connectivity index (χ0) is 30.6. The van der Waals surface area contributed by atoms with Crippen molar-refractivity contribution in [1.82, 2.24) is 15.2 Å². The number of benzene rings is 3. The summed E-state index contributed by atoms with van der Waals surface area (Å²) in [5.74, 6) is -0.456. The molecule has 228 valence electrons. The van der Waals surface area contributed by atoms with Crippen LogP contribution in [0.2, 0.25) is 0 Å². The number of pyridine rings is 1. The highest BCUT2D eigenvalue weighted by Gasteiger charge is 2.25. The number of hydrogen-bond donors (Lipinski definition) is 2. The number of carbonyl (C=O) groups is 2. The quantitative estimate of drug-likeness (QED) is 0.272. The SMILES string of the molecule is COc1c(OCC2CCN(C)CC2)ccc2c(Oc3ccc(NC(=O)C(=O)NC4Cc5ccccc5C4)cc3F)ccnc12. The maximum atomic E-state index is 15.1. The Morgan fingerprint density at radius 1 is 0.955 bits per heavy atom. The summed E-state index contributed by atoms with van der Waals surface area (Å²) < 4.78 is 32.9. The van der Waals surface area contributed by atoms with E-state index >= 15 is 4.39 Å². The van der Waals surface area contributed by atoms with Crippen LogP contribution in [0.15, 0.2) is 66.9 Å². The molecule has 0 saturated carbocycles. The Balaban J connectivity index is 1.10. The zero-order valence-corrected chi connectivity index (χ0v) is 24.8. The molecule has 6 rings (SSSR count). The summed E-state index contributed by atoms with van der Waals surface area (Å²) in [7, 11) is 3.69. The van der Waals surface area contributed by atoms with Gasteiger partial charge in [-0.25, -0.2) is 4.39 Å². The van der Waals surface area contributed by atoms with E-state index in [-0.39, 0.29) is 17.5 Å². The van der Waals surface area contributed by atoms with Crippen LogP contribution >= 0.6 is 0 Å². The molecule has 10 heteroatoms. The third kappa shape index (κ3) is 6.45. The van der Waals surface area contributed by atoms with Gasteiger partial charge in [-0.1, -0.05) is 24.3 Å². The van der Waals surface area contributed by atoms with Crippen molar-refractivity contribution in [2.45, 2.75) is 31.7 Å². The Morgan fingerprint density at radius 3 is 2.39 bits per heavy atom. The van der Waals surface area contributed by atoms with Gasteiger partial charge in [0, 0.05) is 29.4 Å². The number of amides is 2. The molecule has 0 atom stereocenters. The molecular weight excluding hydrogens is 563 g/mol. The third-order valence-corrected chi connectivity index (χ3v) is 8.31. The van der Waals surface area contributed by atoms with Gasteiger partial charge in [-0.3, -0.25) is 14.6 Å². The molecule has 1 aliphatic heterocycles. The molecule has 1 aliphatic carbocycles. The number of halogens is 1. The van der Waals surface area contributed by atoms with Crippen molar-refractivity contribution >= 4 is 28.4 Å². The second kappa shape index (κ2) is 12.9. The minimum atomic E-state index is -0.866. The van der Waals surface area contributed by atoms with Gasteiger partial charge < -0.3 is 29.7 Å². The molecule has 3 aromatic carbocycles. The lowest BCUT2D eigenvalue weighted by Gasteiger charge is -2.28. The first kappa shape index (κ1) is 29.4. The van der Waals surface area contributed by atoms with Crippen LogP contribution in [-0.2, 0) is 22.4 Å².